The molecule has 0 spiro atoms. The van der Waals surface area contributed by atoms with E-state index in [1.54, 1.807) is 5.30 Å². The molecule has 1 aromatic rings. The summed E-state index contributed by atoms with van der Waals surface area (Å²) in [6, 6.07) is 11.1. The van der Waals surface area contributed by atoms with E-state index in [-0.39, 0.29) is 0 Å². The summed E-state index contributed by atoms with van der Waals surface area (Å²) in [5.41, 5.74) is 0. The third-order valence-corrected chi connectivity index (χ3v) is 7.43. The minimum atomic E-state index is -0.729. The summed E-state index contributed by atoms with van der Waals surface area (Å²) in [7, 11) is -0.729. The van der Waals surface area contributed by atoms with Crippen molar-refractivity contribution in [2.45, 2.75) is 13.3 Å². The van der Waals surface area contributed by atoms with E-state index in [4.69, 9.17) is 0 Å². The van der Waals surface area contributed by atoms with Gasteiger partial charge in [0.25, 0.3) is 0 Å². The lowest BCUT2D eigenvalue weighted by atomic mass is 10.2. The maximum absolute atomic E-state index is 2.52. The standard InChI is InChI=1S/C12H18P/c1-11-8-9-13(2,10-11)12-6-4-3-5-7-12/h3-7,11H,8-10H2,1-2H3/q+1/t11-,13?/m1/s1. The third kappa shape index (κ3) is 1.79. The number of hydrogen-bond donors (Lipinski definition) is 0. The molecule has 0 N–H and O–H groups in total. The molecule has 0 aromatic heterocycles. The molecule has 2 rings (SSSR count). The van der Waals surface area contributed by atoms with Crippen LogP contribution in [-0.4, -0.2) is 19.0 Å². The molecule has 1 aromatic carbocycles. The molecule has 1 aliphatic rings. The largest absolute Gasteiger partial charge is 0.0936 e. The summed E-state index contributed by atoms with van der Waals surface area (Å²) >= 11 is 0. The van der Waals surface area contributed by atoms with Gasteiger partial charge in [-0.25, -0.2) is 0 Å². The van der Waals surface area contributed by atoms with Gasteiger partial charge in [0.1, 0.15) is 0 Å². The summed E-state index contributed by atoms with van der Waals surface area (Å²) < 4.78 is 0. The molecule has 1 unspecified atom stereocenters. The highest BCUT2D eigenvalue weighted by molar-refractivity contribution is 7.82. The van der Waals surface area contributed by atoms with Crippen LogP contribution in [0.1, 0.15) is 13.3 Å². The Hall–Kier alpha value is -0.350. The Morgan fingerprint density at radius 1 is 1.23 bits per heavy atom. The first-order valence-corrected chi connectivity index (χ1v) is 7.71. The van der Waals surface area contributed by atoms with Gasteiger partial charge in [0.2, 0.25) is 0 Å². The maximum Gasteiger partial charge on any atom is 0.0936 e. The highest BCUT2D eigenvalue weighted by Gasteiger charge is 2.41. The van der Waals surface area contributed by atoms with Gasteiger partial charge in [0, 0.05) is 7.26 Å². The summed E-state index contributed by atoms with van der Waals surface area (Å²) in [6.07, 6.45) is 4.38. The Labute approximate surface area is 81.7 Å². The van der Waals surface area contributed by atoms with Crippen LogP contribution in [0.25, 0.3) is 0 Å². The molecule has 2 atom stereocenters. The minimum absolute atomic E-state index is 0.729. The second-order valence-electron chi connectivity index (χ2n) is 4.53. The molecule has 1 heterocycles. The Balaban J connectivity index is 2.26. The first-order valence-electron chi connectivity index (χ1n) is 5.11. The topological polar surface area (TPSA) is 0 Å². The van der Waals surface area contributed by atoms with Crippen LogP contribution in [0.3, 0.4) is 0 Å². The van der Waals surface area contributed by atoms with Crippen molar-refractivity contribution < 1.29 is 0 Å². The monoisotopic (exact) mass is 193 g/mol. The maximum atomic E-state index is 2.52. The van der Waals surface area contributed by atoms with Gasteiger partial charge in [-0.1, -0.05) is 25.1 Å². The molecule has 1 aliphatic heterocycles. The molecule has 0 bridgehead atoms. The summed E-state index contributed by atoms with van der Waals surface area (Å²) in [6.45, 7) is 4.92. The zero-order chi connectivity index (χ0) is 9.31. The normalized spacial score (nSPS) is 33.5. The van der Waals surface area contributed by atoms with E-state index in [2.05, 4.69) is 43.9 Å². The van der Waals surface area contributed by atoms with Crippen molar-refractivity contribution in [2.24, 2.45) is 5.92 Å². The van der Waals surface area contributed by atoms with Crippen LogP contribution in [0, 0.1) is 5.92 Å². The van der Waals surface area contributed by atoms with E-state index < -0.39 is 7.26 Å². The Bertz CT molecular complexity index is 280. The highest BCUT2D eigenvalue weighted by Crippen LogP contribution is 2.60. The first-order chi connectivity index (χ1) is 6.21. The van der Waals surface area contributed by atoms with E-state index in [0.29, 0.717) is 0 Å². The predicted octanol–water partition coefficient (Wildman–Crippen LogP) is 3.00. The molecule has 0 saturated carbocycles. The smallest absolute Gasteiger partial charge is 0.0620 e. The molecule has 1 fully saturated rings. The molecule has 70 valence electrons. The zero-order valence-corrected chi connectivity index (χ0v) is 9.43. The van der Waals surface area contributed by atoms with E-state index in [1.807, 2.05) is 0 Å². The van der Waals surface area contributed by atoms with Crippen LogP contribution in [0.15, 0.2) is 30.3 Å². The Morgan fingerprint density at radius 2 is 1.92 bits per heavy atom. The van der Waals surface area contributed by atoms with Crippen molar-refractivity contribution in [2.75, 3.05) is 19.0 Å². The summed E-state index contributed by atoms with van der Waals surface area (Å²) in [4.78, 5) is 0. The number of hydrogen-bond acceptors (Lipinski definition) is 0. The van der Waals surface area contributed by atoms with Crippen molar-refractivity contribution in [1.29, 1.82) is 0 Å². The lowest BCUT2D eigenvalue weighted by Crippen LogP contribution is -2.11. The molecular formula is C12H18P+. The fourth-order valence-corrected chi connectivity index (χ4v) is 6.51. The second-order valence-corrected chi connectivity index (χ2v) is 8.65. The van der Waals surface area contributed by atoms with Gasteiger partial charge in [0.15, 0.2) is 0 Å². The molecular weight excluding hydrogens is 175 g/mol. The van der Waals surface area contributed by atoms with Crippen LogP contribution in [0.5, 0.6) is 0 Å². The third-order valence-electron chi connectivity index (χ3n) is 3.21. The van der Waals surface area contributed by atoms with Crippen molar-refractivity contribution in [1.82, 2.24) is 0 Å². The van der Waals surface area contributed by atoms with Crippen molar-refractivity contribution >= 4 is 12.6 Å². The van der Waals surface area contributed by atoms with Crippen LogP contribution >= 0.6 is 7.26 Å². The molecule has 0 aliphatic carbocycles. The van der Waals surface area contributed by atoms with Crippen molar-refractivity contribution in [3.63, 3.8) is 0 Å². The fraction of sp³-hybridized carbons (Fsp3) is 0.500. The molecule has 0 radical (unpaired) electrons. The second kappa shape index (κ2) is 3.42. The highest BCUT2D eigenvalue weighted by atomic mass is 31.2. The molecule has 1 saturated heterocycles. The first kappa shape index (κ1) is 9.21. The van der Waals surface area contributed by atoms with Gasteiger partial charge in [0.05, 0.1) is 24.3 Å². The molecule has 1 heteroatoms. The van der Waals surface area contributed by atoms with Crippen LogP contribution in [-0.2, 0) is 0 Å². The average Bonchev–Trinajstić information content (AvgIpc) is 2.49. The Morgan fingerprint density at radius 3 is 2.46 bits per heavy atom. The average molecular weight is 193 g/mol. The minimum Gasteiger partial charge on any atom is -0.0620 e. The number of benzene rings is 1. The predicted molar refractivity (Wildman–Crippen MR) is 62.4 cm³/mol. The van der Waals surface area contributed by atoms with Gasteiger partial charge < -0.3 is 0 Å². The van der Waals surface area contributed by atoms with Crippen molar-refractivity contribution in [3.8, 4) is 0 Å². The summed E-state index contributed by atoms with van der Waals surface area (Å²) in [5.74, 6) is 0.957. The van der Waals surface area contributed by atoms with E-state index in [9.17, 15) is 0 Å². The van der Waals surface area contributed by atoms with Gasteiger partial charge >= 0.3 is 0 Å². The van der Waals surface area contributed by atoms with E-state index >= 15 is 0 Å². The summed E-state index contributed by atoms with van der Waals surface area (Å²) in [5, 5.41) is 1.64. The van der Waals surface area contributed by atoms with E-state index in [1.165, 1.54) is 18.7 Å². The van der Waals surface area contributed by atoms with E-state index in [0.717, 1.165) is 5.92 Å². The van der Waals surface area contributed by atoms with Gasteiger partial charge in [-0.2, -0.15) is 0 Å². The SMILES string of the molecule is C[C@@H]1CC[P+](C)(c2ccccc2)C1. The Kier molecular flexibility index (Phi) is 2.43. The van der Waals surface area contributed by atoms with Gasteiger partial charge in [-0.15, -0.1) is 0 Å². The number of rotatable bonds is 1. The van der Waals surface area contributed by atoms with Crippen LogP contribution in [0.4, 0.5) is 0 Å². The molecule has 0 amide bonds. The molecule has 13 heavy (non-hydrogen) atoms. The van der Waals surface area contributed by atoms with Crippen LogP contribution < -0.4 is 5.30 Å². The molecule has 0 nitrogen and oxygen atoms in total. The van der Waals surface area contributed by atoms with Crippen molar-refractivity contribution in [3.05, 3.63) is 30.3 Å². The quantitative estimate of drug-likeness (QED) is 0.601. The fourth-order valence-electron chi connectivity index (χ4n) is 2.40. The lowest BCUT2D eigenvalue weighted by Gasteiger charge is -2.16. The van der Waals surface area contributed by atoms with Gasteiger partial charge in [-0.05, 0) is 24.5 Å². The van der Waals surface area contributed by atoms with Crippen LogP contribution in [0.2, 0.25) is 0 Å². The zero-order valence-electron chi connectivity index (χ0n) is 8.53. The van der Waals surface area contributed by atoms with Gasteiger partial charge in [-0.3, -0.25) is 0 Å². The lowest BCUT2D eigenvalue weighted by molar-refractivity contribution is 0.668.